The number of methoxy groups -OCH3 is 2. The molecule has 6 nitrogen and oxygen atoms in total. The van der Waals surface area contributed by atoms with E-state index in [9.17, 15) is 9.59 Å². The van der Waals surface area contributed by atoms with Crippen molar-refractivity contribution in [2.75, 3.05) is 26.1 Å². The second-order valence-corrected chi connectivity index (χ2v) is 7.62. The third-order valence-electron chi connectivity index (χ3n) is 5.04. The average Bonchev–Trinajstić information content (AvgIpc) is 3.38. The summed E-state index contributed by atoms with van der Waals surface area (Å²) in [4.78, 5) is 25.9. The first-order valence-electron chi connectivity index (χ1n) is 8.93. The highest BCUT2D eigenvalue weighted by molar-refractivity contribution is 7.10. The fourth-order valence-electron chi connectivity index (χ4n) is 3.57. The van der Waals surface area contributed by atoms with E-state index in [4.69, 9.17) is 9.47 Å². The predicted octanol–water partition coefficient (Wildman–Crippen LogP) is 3.33. The first-order chi connectivity index (χ1) is 13.1. The predicted molar refractivity (Wildman–Crippen MR) is 106 cm³/mol. The topological polar surface area (TPSA) is 76.7 Å². The van der Waals surface area contributed by atoms with Gasteiger partial charge < -0.3 is 20.1 Å². The van der Waals surface area contributed by atoms with Crippen LogP contribution in [0.2, 0.25) is 0 Å². The summed E-state index contributed by atoms with van der Waals surface area (Å²) < 4.78 is 10.4. The van der Waals surface area contributed by atoms with E-state index in [0.717, 1.165) is 25.7 Å². The van der Waals surface area contributed by atoms with Gasteiger partial charge in [0.1, 0.15) is 0 Å². The molecule has 1 heterocycles. The number of carbonyl (C=O) groups is 2. The van der Waals surface area contributed by atoms with Gasteiger partial charge in [0.25, 0.3) is 0 Å². The molecule has 7 heteroatoms. The monoisotopic (exact) mass is 388 g/mol. The molecule has 3 rings (SSSR count). The van der Waals surface area contributed by atoms with Crippen molar-refractivity contribution in [1.29, 1.82) is 0 Å². The Hall–Kier alpha value is -2.54. The van der Waals surface area contributed by atoms with Gasteiger partial charge in [-0.15, -0.1) is 11.3 Å². The van der Waals surface area contributed by atoms with Crippen LogP contribution in [0, 0.1) is 0 Å². The number of amides is 2. The summed E-state index contributed by atoms with van der Waals surface area (Å²) in [7, 11) is 3.05. The van der Waals surface area contributed by atoms with Gasteiger partial charge in [-0.3, -0.25) is 9.59 Å². The molecular formula is C20H24N2O4S. The number of anilines is 1. The maximum absolute atomic E-state index is 12.3. The maximum atomic E-state index is 12.3. The van der Waals surface area contributed by atoms with E-state index in [1.807, 2.05) is 6.07 Å². The normalized spacial score (nSPS) is 15.2. The van der Waals surface area contributed by atoms with Crippen LogP contribution < -0.4 is 20.1 Å². The molecule has 0 unspecified atom stereocenters. The first-order valence-corrected chi connectivity index (χ1v) is 9.81. The molecule has 1 aromatic carbocycles. The van der Waals surface area contributed by atoms with Crippen LogP contribution in [0.1, 0.15) is 30.6 Å². The zero-order chi connectivity index (χ0) is 19.3. The minimum atomic E-state index is -0.693. The Morgan fingerprint density at radius 2 is 1.81 bits per heavy atom. The van der Waals surface area contributed by atoms with Crippen LogP contribution in [0.5, 0.6) is 11.5 Å². The van der Waals surface area contributed by atoms with Crippen LogP contribution in [-0.4, -0.2) is 32.6 Å². The van der Waals surface area contributed by atoms with Crippen LogP contribution in [0.15, 0.2) is 35.7 Å². The van der Waals surface area contributed by atoms with Gasteiger partial charge in [-0.05, 0) is 36.4 Å². The molecule has 0 radical (unpaired) electrons. The van der Waals surface area contributed by atoms with E-state index in [0.29, 0.717) is 23.7 Å². The quantitative estimate of drug-likeness (QED) is 0.744. The number of nitrogens with one attached hydrogen (secondary N) is 2. The van der Waals surface area contributed by atoms with Gasteiger partial charge in [0.2, 0.25) is 0 Å². The largest absolute Gasteiger partial charge is 0.493 e. The second kappa shape index (κ2) is 8.43. The molecule has 0 spiro atoms. The molecule has 1 fully saturated rings. The average molecular weight is 388 g/mol. The molecule has 1 saturated carbocycles. The van der Waals surface area contributed by atoms with Crippen molar-refractivity contribution >= 4 is 28.8 Å². The number of hydrogen-bond acceptors (Lipinski definition) is 5. The molecule has 144 valence electrons. The van der Waals surface area contributed by atoms with Crippen LogP contribution >= 0.6 is 11.3 Å². The van der Waals surface area contributed by atoms with Crippen LogP contribution in [0.4, 0.5) is 5.69 Å². The lowest BCUT2D eigenvalue weighted by molar-refractivity contribution is -0.136. The van der Waals surface area contributed by atoms with Crippen molar-refractivity contribution in [2.45, 2.75) is 31.1 Å². The summed E-state index contributed by atoms with van der Waals surface area (Å²) in [5.41, 5.74) is 0.426. The van der Waals surface area contributed by atoms with Gasteiger partial charge in [-0.1, -0.05) is 18.9 Å². The summed E-state index contributed by atoms with van der Waals surface area (Å²) >= 11 is 1.71. The highest BCUT2D eigenvalue weighted by atomic mass is 32.1. The number of thiophene rings is 1. The molecule has 0 atom stereocenters. The minimum absolute atomic E-state index is 0.0482. The number of benzene rings is 1. The van der Waals surface area contributed by atoms with Crippen LogP contribution in [0.25, 0.3) is 0 Å². The Morgan fingerprint density at radius 3 is 2.44 bits per heavy atom. The van der Waals surface area contributed by atoms with Crippen molar-refractivity contribution in [2.24, 2.45) is 0 Å². The minimum Gasteiger partial charge on any atom is -0.493 e. The number of rotatable bonds is 6. The van der Waals surface area contributed by atoms with Gasteiger partial charge in [0.15, 0.2) is 11.5 Å². The second-order valence-electron chi connectivity index (χ2n) is 6.67. The van der Waals surface area contributed by atoms with E-state index < -0.39 is 11.8 Å². The van der Waals surface area contributed by atoms with Gasteiger partial charge in [0, 0.05) is 28.6 Å². The van der Waals surface area contributed by atoms with Gasteiger partial charge in [-0.2, -0.15) is 0 Å². The maximum Gasteiger partial charge on any atom is 0.313 e. The van der Waals surface area contributed by atoms with Crippen molar-refractivity contribution in [3.8, 4) is 11.5 Å². The fraction of sp³-hybridized carbons (Fsp3) is 0.400. The zero-order valence-electron chi connectivity index (χ0n) is 15.5. The lowest BCUT2D eigenvalue weighted by Crippen LogP contribution is -2.43. The van der Waals surface area contributed by atoms with E-state index in [-0.39, 0.29) is 5.41 Å². The third kappa shape index (κ3) is 4.24. The summed E-state index contributed by atoms with van der Waals surface area (Å²) in [5.74, 6) is -0.286. The molecule has 2 N–H and O–H groups in total. The Morgan fingerprint density at radius 1 is 1.07 bits per heavy atom. The highest BCUT2D eigenvalue weighted by Crippen LogP contribution is 2.42. The Balaban J connectivity index is 1.62. The van der Waals surface area contributed by atoms with Crippen LogP contribution in [0.3, 0.4) is 0 Å². The molecule has 2 amide bonds. The molecule has 0 saturated heterocycles. The number of ether oxygens (including phenoxy) is 2. The Labute approximate surface area is 162 Å². The van der Waals surface area contributed by atoms with Crippen molar-refractivity contribution in [3.63, 3.8) is 0 Å². The fourth-order valence-corrected chi connectivity index (χ4v) is 4.56. The Bertz CT molecular complexity index is 798. The smallest absolute Gasteiger partial charge is 0.313 e. The Kier molecular flexibility index (Phi) is 6.01. The standard InChI is InChI=1S/C20H24N2O4S/c1-25-15-8-7-14(12-16(15)26-2)22-19(24)18(23)21-13-20(9-3-4-10-20)17-6-5-11-27-17/h5-8,11-12H,3-4,9-10,13H2,1-2H3,(H,21,23)(H,22,24). The van der Waals surface area contributed by atoms with Crippen molar-refractivity contribution in [1.82, 2.24) is 5.32 Å². The van der Waals surface area contributed by atoms with Crippen LogP contribution in [-0.2, 0) is 15.0 Å². The van der Waals surface area contributed by atoms with E-state index in [1.165, 1.54) is 19.1 Å². The summed E-state index contributed by atoms with van der Waals surface area (Å²) in [6, 6.07) is 9.11. The summed E-state index contributed by atoms with van der Waals surface area (Å²) in [5, 5.41) is 7.49. The lowest BCUT2D eigenvalue weighted by atomic mass is 9.84. The molecule has 1 aliphatic rings. The third-order valence-corrected chi connectivity index (χ3v) is 6.16. The molecule has 0 bridgehead atoms. The van der Waals surface area contributed by atoms with Crippen molar-refractivity contribution in [3.05, 3.63) is 40.6 Å². The SMILES string of the molecule is COc1ccc(NC(=O)C(=O)NCC2(c3cccs3)CCCC2)cc1OC. The molecule has 1 aromatic heterocycles. The zero-order valence-corrected chi connectivity index (χ0v) is 16.4. The van der Waals surface area contributed by atoms with E-state index in [2.05, 4.69) is 22.1 Å². The summed E-state index contributed by atoms with van der Waals surface area (Å²) in [6.07, 6.45) is 4.35. The highest BCUT2D eigenvalue weighted by Gasteiger charge is 2.37. The van der Waals surface area contributed by atoms with Gasteiger partial charge in [0.05, 0.1) is 14.2 Å². The molecule has 2 aromatic rings. The van der Waals surface area contributed by atoms with E-state index in [1.54, 1.807) is 29.5 Å². The van der Waals surface area contributed by atoms with Gasteiger partial charge in [-0.25, -0.2) is 0 Å². The number of hydrogen-bond donors (Lipinski definition) is 2. The molecule has 1 aliphatic carbocycles. The van der Waals surface area contributed by atoms with Gasteiger partial charge >= 0.3 is 11.8 Å². The number of carbonyl (C=O) groups excluding carboxylic acids is 2. The molecule has 0 aliphatic heterocycles. The van der Waals surface area contributed by atoms with Crippen molar-refractivity contribution < 1.29 is 19.1 Å². The molecular weight excluding hydrogens is 364 g/mol. The molecule has 27 heavy (non-hydrogen) atoms. The van der Waals surface area contributed by atoms with E-state index >= 15 is 0 Å². The lowest BCUT2D eigenvalue weighted by Gasteiger charge is -2.28. The summed E-state index contributed by atoms with van der Waals surface area (Å²) in [6.45, 7) is 0.478. The first kappa shape index (κ1) is 19.2.